The lowest BCUT2D eigenvalue weighted by molar-refractivity contribution is 0.482. The summed E-state index contributed by atoms with van der Waals surface area (Å²) in [6.45, 7) is 6.50. The van der Waals surface area contributed by atoms with Crippen molar-refractivity contribution in [3.05, 3.63) is 12.7 Å². The molecule has 2 aromatic heterocycles. The van der Waals surface area contributed by atoms with Gasteiger partial charge in [-0.15, -0.1) is 0 Å². The summed E-state index contributed by atoms with van der Waals surface area (Å²) in [6, 6.07) is 0.260. The van der Waals surface area contributed by atoms with Gasteiger partial charge in [0.1, 0.15) is 12.7 Å². The van der Waals surface area contributed by atoms with Gasteiger partial charge in [0.2, 0.25) is 11.9 Å². The van der Waals surface area contributed by atoms with Crippen LogP contribution in [0.5, 0.6) is 0 Å². The molecule has 0 spiro atoms. The molecule has 108 valence electrons. The molecule has 2 heterocycles. The SMILES string of the molecule is CCC(C)CC(C)Nc1nc(N)nc(-n2cncn2)n1. The molecule has 0 saturated heterocycles. The second-order valence-corrected chi connectivity index (χ2v) is 4.95. The topological polar surface area (TPSA) is 107 Å². The third-order valence-corrected chi connectivity index (χ3v) is 3.09. The molecule has 0 aliphatic rings. The predicted molar refractivity (Wildman–Crippen MR) is 76.3 cm³/mol. The van der Waals surface area contributed by atoms with E-state index in [0.29, 0.717) is 17.8 Å². The summed E-state index contributed by atoms with van der Waals surface area (Å²) in [7, 11) is 0. The Morgan fingerprint density at radius 1 is 1.30 bits per heavy atom. The zero-order valence-electron chi connectivity index (χ0n) is 12.0. The van der Waals surface area contributed by atoms with Gasteiger partial charge in [0.15, 0.2) is 0 Å². The minimum absolute atomic E-state index is 0.156. The van der Waals surface area contributed by atoms with Crippen molar-refractivity contribution in [2.24, 2.45) is 5.92 Å². The van der Waals surface area contributed by atoms with Gasteiger partial charge >= 0.3 is 0 Å². The molecule has 2 rings (SSSR count). The Kier molecular flexibility index (Phi) is 4.44. The Hall–Kier alpha value is -2.25. The molecule has 0 saturated carbocycles. The van der Waals surface area contributed by atoms with Crippen LogP contribution >= 0.6 is 0 Å². The first-order valence-corrected chi connectivity index (χ1v) is 6.71. The highest BCUT2D eigenvalue weighted by Gasteiger charge is 2.11. The lowest BCUT2D eigenvalue weighted by Gasteiger charge is -2.17. The van der Waals surface area contributed by atoms with E-state index >= 15 is 0 Å². The fourth-order valence-electron chi connectivity index (χ4n) is 1.91. The zero-order chi connectivity index (χ0) is 14.5. The maximum Gasteiger partial charge on any atom is 0.258 e. The standard InChI is InChI=1S/C12H20N8/c1-4-8(2)5-9(3)16-11-17-10(13)18-12(19-11)20-7-14-6-15-20/h6-9H,4-5H2,1-3H3,(H3,13,16,17,18,19). The second kappa shape index (κ2) is 6.27. The van der Waals surface area contributed by atoms with Gasteiger partial charge in [0, 0.05) is 6.04 Å². The second-order valence-electron chi connectivity index (χ2n) is 4.95. The molecule has 0 fully saturated rings. The Bertz CT molecular complexity index is 538. The average molecular weight is 276 g/mol. The lowest BCUT2D eigenvalue weighted by atomic mass is 10.0. The number of hydrogen-bond donors (Lipinski definition) is 2. The number of aromatic nitrogens is 6. The van der Waals surface area contributed by atoms with Gasteiger partial charge < -0.3 is 11.1 Å². The van der Waals surface area contributed by atoms with Crippen molar-refractivity contribution in [1.29, 1.82) is 0 Å². The largest absolute Gasteiger partial charge is 0.368 e. The van der Waals surface area contributed by atoms with Crippen LogP contribution in [0.1, 0.15) is 33.6 Å². The van der Waals surface area contributed by atoms with Crippen molar-refractivity contribution in [2.45, 2.75) is 39.7 Å². The summed E-state index contributed by atoms with van der Waals surface area (Å²) < 4.78 is 1.45. The summed E-state index contributed by atoms with van der Waals surface area (Å²) in [6.07, 6.45) is 5.12. The van der Waals surface area contributed by atoms with Crippen LogP contribution in [0.4, 0.5) is 11.9 Å². The molecule has 2 atom stereocenters. The van der Waals surface area contributed by atoms with Crippen LogP contribution in [0.25, 0.3) is 5.95 Å². The van der Waals surface area contributed by atoms with Crippen LogP contribution in [-0.4, -0.2) is 35.8 Å². The van der Waals surface area contributed by atoms with E-state index in [1.807, 2.05) is 0 Å². The number of nitrogens with two attached hydrogens (primary N) is 1. The van der Waals surface area contributed by atoms with E-state index in [0.717, 1.165) is 12.8 Å². The van der Waals surface area contributed by atoms with Crippen LogP contribution in [0.2, 0.25) is 0 Å². The van der Waals surface area contributed by atoms with Gasteiger partial charge in [-0.1, -0.05) is 20.3 Å². The van der Waals surface area contributed by atoms with E-state index in [1.165, 1.54) is 17.3 Å². The van der Waals surface area contributed by atoms with E-state index in [4.69, 9.17) is 5.73 Å². The smallest absolute Gasteiger partial charge is 0.258 e. The highest BCUT2D eigenvalue weighted by atomic mass is 15.4. The lowest BCUT2D eigenvalue weighted by Crippen LogP contribution is -2.21. The first-order chi connectivity index (χ1) is 9.58. The number of nitrogens with one attached hydrogen (secondary N) is 1. The molecule has 2 aromatic rings. The number of anilines is 2. The molecule has 0 aliphatic heterocycles. The molecule has 0 aromatic carbocycles. The number of nitrogen functional groups attached to an aromatic ring is 1. The van der Waals surface area contributed by atoms with Crippen LogP contribution in [-0.2, 0) is 0 Å². The van der Waals surface area contributed by atoms with Crippen LogP contribution in [0.15, 0.2) is 12.7 Å². The third-order valence-electron chi connectivity index (χ3n) is 3.09. The molecule has 2 unspecified atom stereocenters. The molecule has 0 bridgehead atoms. The van der Waals surface area contributed by atoms with E-state index in [-0.39, 0.29) is 12.0 Å². The van der Waals surface area contributed by atoms with Crippen molar-refractivity contribution < 1.29 is 0 Å². The molecular weight excluding hydrogens is 256 g/mol. The monoisotopic (exact) mass is 276 g/mol. The van der Waals surface area contributed by atoms with Gasteiger partial charge in [-0.3, -0.25) is 0 Å². The van der Waals surface area contributed by atoms with Crippen LogP contribution < -0.4 is 11.1 Å². The fraction of sp³-hybridized carbons (Fsp3) is 0.583. The summed E-state index contributed by atoms with van der Waals surface area (Å²) in [5.41, 5.74) is 5.70. The van der Waals surface area contributed by atoms with Gasteiger partial charge in [-0.2, -0.15) is 24.7 Å². The first kappa shape index (κ1) is 14.2. The summed E-state index contributed by atoms with van der Waals surface area (Å²) >= 11 is 0. The molecule has 20 heavy (non-hydrogen) atoms. The number of rotatable bonds is 6. The van der Waals surface area contributed by atoms with Crippen molar-refractivity contribution in [3.63, 3.8) is 0 Å². The minimum atomic E-state index is 0.156. The summed E-state index contributed by atoms with van der Waals surface area (Å²) in [4.78, 5) is 16.3. The van der Waals surface area contributed by atoms with Gasteiger partial charge in [-0.25, -0.2) is 4.98 Å². The van der Waals surface area contributed by atoms with Gasteiger partial charge in [-0.05, 0) is 19.3 Å². The normalized spacial score (nSPS) is 13.9. The van der Waals surface area contributed by atoms with E-state index in [9.17, 15) is 0 Å². The fourth-order valence-corrected chi connectivity index (χ4v) is 1.91. The zero-order valence-corrected chi connectivity index (χ0v) is 12.0. The number of hydrogen-bond acceptors (Lipinski definition) is 7. The molecule has 0 amide bonds. The molecule has 3 N–H and O–H groups in total. The quantitative estimate of drug-likeness (QED) is 0.818. The van der Waals surface area contributed by atoms with Crippen LogP contribution in [0.3, 0.4) is 0 Å². The van der Waals surface area contributed by atoms with E-state index in [1.54, 1.807) is 0 Å². The third kappa shape index (κ3) is 3.62. The van der Waals surface area contributed by atoms with Crippen molar-refractivity contribution >= 4 is 11.9 Å². The minimum Gasteiger partial charge on any atom is -0.368 e. The van der Waals surface area contributed by atoms with E-state index < -0.39 is 0 Å². The van der Waals surface area contributed by atoms with Crippen molar-refractivity contribution in [2.75, 3.05) is 11.1 Å². The average Bonchev–Trinajstić information content (AvgIpc) is 2.91. The Balaban J connectivity index is 2.12. The van der Waals surface area contributed by atoms with E-state index in [2.05, 4.69) is 51.1 Å². The Labute approximate surface area is 117 Å². The first-order valence-electron chi connectivity index (χ1n) is 6.71. The highest BCUT2D eigenvalue weighted by molar-refractivity contribution is 5.35. The molecule has 0 aliphatic carbocycles. The van der Waals surface area contributed by atoms with Gasteiger partial charge in [0.05, 0.1) is 0 Å². The van der Waals surface area contributed by atoms with Crippen molar-refractivity contribution in [1.82, 2.24) is 29.7 Å². The summed E-state index contributed by atoms with van der Waals surface area (Å²) in [5.74, 6) is 1.61. The summed E-state index contributed by atoms with van der Waals surface area (Å²) in [5, 5.41) is 7.23. The highest BCUT2D eigenvalue weighted by Crippen LogP contribution is 2.13. The Morgan fingerprint density at radius 3 is 2.75 bits per heavy atom. The van der Waals surface area contributed by atoms with Gasteiger partial charge in [0.25, 0.3) is 5.95 Å². The molecule has 8 nitrogen and oxygen atoms in total. The Morgan fingerprint density at radius 2 is 2.10 bits per heavy atom. The van der Waals surface area contributed by atoms with Crippen LogP contribution in [0, 0.1) is 5.92 Å². The molecule has 0 radical (unpaired) electrons. The number of nitrogens with zero attached hydrogens (tertiary/aromatic N) is 6. The maximum atomic E-state index is 5.70. The molecular formula is C12H20N8. The maximum absolute atomic E-state index is 5.70. The van der Waals surface area contributed by atoms with Crippen molar-refractivity contribution in [3.8, 4) is 5.95 Å². The molecule has 8 heteroatoms. The predicted octanol–water partition coefficient (Wildman–Crippen LogP) is 1.27.